The average Bonchev–Trinajstić information content (AvgIpc) is 2.15. The van der Waals surface area contributed by atoms with E-state index in [0.717, 1.165) is 5.56 Å². The first-order valence-corrected chi connectivity index (χ1v) is 3.83. The first-order valence-electron chi connectivity index (χ1n) is 3.83. The third-order valence-corrected chi connectivity index (χ3v) is 1.68. The first-order chi connectivity index (χ1) is 6.24. The molecular formula is C9H11CaNO3. The number of benzene rings is 1. The summed E-state index contributed by atoms with van der Waals surface area (Å²) in [5.74, 6) is -1.18. The van der Waals surface area contributed by atoms with Gasteiger partial charge < -0.3 is 5.11 Å². The van der Waals surface area contributed by atoms with Crippen molar-refractivity contribution in [2.45, 2.75) is 12.5 Å². The Balaban J connectivity index is 0.00000169. The zero-order valence-corrected chi connectivity index (χ0v) is 6.88. The Morgan fingerprint density at radius 3 is 2.36 bits per heavy atom. The van der Waals surface area contributed by atoms with Gasteiger partial charge in [0.1, 0.15) is 0 Å². The summed E-state index contributed by atoms with van der Waals surface area (Å²) in [6, 6.07) is 7.76. The molecule has 0 saturated heterocycles. The molecule has 0 saturated carbocycles. The predicted octanol–water partition coefficient (Wildman–Crippen LogP) is 0.532. The van der Waals surface area contributed by atoms with E-state index in [1.54, 1.807) is 24.3 Å². The molecule has 14 heavy (non-hydrogen) atoms. The van der Waals surface area contributed by atoms with Crippen LogP contribution in [0.25, 0.3) is 0 Å². The van der Waals surface area contributed by atoms with Crippen LogP contribution in [0.1, 0.15) is 5.56 Å². The van der Waals surface area contributed by atoms with Gasteiger partial charge in [-0.1, -0.05) is 35.5 Å². The van der Waals surface area contributed by atoms with Crippen molar-refractivity contribution >= 4 is 43.7 Å². The van der Waals surface area contributed by atoms with Crippen LogP contribution in [-0.4, -0.2) is 54.9 Å². The molecule has 0 aliphatic heterocycles. The van der Waals surface area contributed by atoms with E-state index in [0.29, 0.717) is 0 Å². The molecular weight excluding hydrogens is 210 g/mol. The standard InChI is InChI=1S/C9H9NO3.Ca.2H/c11-9(12)8(10-13)6-7-4-2-1-3-5-7;;;/h1-5,8H,6H2,(H,11,12);;;/t8-;;;/m0.../s1. The Labute approximate surface area is 111 Å². The molecule has 1 rings (SSSR count). The Morgan fingerprint density at radius 2 is 1.93 bits per heavy atom. The van der Waals surface area contributed by atoms with Gasteiger partial charge in [0.15, 0.2) is 6.04 Å². The molecule has 1 aromatic carbocycles. The normalized spacial score (nSPS) is 11.1. The van der Waals surface area contributed by atoms with Crippen LogP contribution < -0.4 is 0 Å². The summed E-state index contributed by atoms with van der Waals surface area (Å²) >= 11 is 0. The van der Waals surface area contributed by atoms with E-state index < -0.39 is 12.0 Å². The Morgan fingerprint density at radius 1 is 1.36 bits per heavy atom. The molecule has 0 unspecified atom stereocenters. The number of carboxylic acid groups (broad SMARTS) is 1. The Hall–Kier alpha value is -0.450. The van der Waals surface area contributed by atoms with E-state index in [9.17, 15) is 9.70 Å². The van der Waals surface area contributed by atoms with Crippen molar-refractivity contribution in [3.63, 3.8) is 0 Å². The number of nitroso groups, excluding NO2 is 1. The molecule has 0 aromatic heterocycles. The summed E-state index contributed by atoms with van der Waals surface area (Å²) < 4.78 is 0. The van der Waals surface area contributed by atoms with Crippen molar-refractivity contribution in [3.8, 4) is 0 Å². The van der Waals surface area contributed by atoms with Gasteiger partial charge in [-0.15, -0.1) is 4.91 Å². The van der Waals surface area contributed by atoms with Crippen molar-refractivity contribution < 1.29 is 9.90 Å². The molecule has 0 spiro atoms. The van der Waals surface area contributed by atoms with Gasteiger partial charge in [-0.2, -0.15) is 0 Å². The minimum atomic E-state index is -1.18. The second-order valence-electron chi connectivity index (χ2n) is 2.65. The fourth-order valence-corrected chi connectivity index (χ4v) is 1.01. The maximum atomic E-state index is 10.4. The number of hydrogen-bond acceptors (Lipinski definition) is 3. The molecule has 0 fully saturated rings. The number of aliphatic carboxylic acids is 1. The number of carboxylic acids is 1. The Bertz CT molecular complexity index is 302. The zero-order chi connectivity index (χ0) is 9.68. The molecule has 1 N–H and O–H groups in total. The third kappa shape index (κ3) is 4.17. The second kappa shape index (κ2) is 6.92. The number of nitrogens with zero attached hydrogens (tertiary/aromatic N) is 1. The van der Waals surface area contributed by atoms with E-state index in [1.165, 1.54) is 0 Å². The fraction of sp³-hybridized carbons (Fsp3) is 0.222. The van der Waals surface area contributed by atoms with Gasteiger partial charge in [-0.25, -0.2) is 4.79 Å². The van der Waals surface area contributed by atoms with Crippen molar-refractivity contribution in [1.82, 2.24) is 0 Å². The van der Waals surface area contributed by atoms with Crippen LogP contribution >= 0.6 is 0 Å². The van der Waals surface area contributed by atoms with Crippen LogP contribution in [0.15, 0.2) is 35.5 Å². The van der Waals surface area contributed by atoms with Gasteiger partial charge in [0.2, 0.25) is 0 Å². The van der Waals surface area contributed by atoms with Crippen molar-refractivity contribution in [2.75, 3.05) is 0 Å². The van der Waals surface area contributed by atoms with E-state index in [1.807, 2.05) is 6.07 Å². The fourth-order valence-electron chi connectivity index (χ4n) is 1.01. The van der Waals surface area contributed by atoms with Crippen molar-refractivity contribution in [1.29, 1.82) is 0 Å². The molecule has 0 aliphatic rings. The molecule has 0 aliphatic carbocycles. The second-order valence-corrected chi connectivity index (χ2v) is 2.65. The molecule has 1 aromatic rings. The number of rotatable bonds is 4. The van der Waals surface area contributed by atoms with Gasteiger partial charge in [-0.3, -0.25) is 0 Å². The molecule has 5 heteroatoms. The van der Waals surface area contributed by atoms with Crippen LogP contribution in [0.4, 0.5) is 0 Å². The van der Waals surface area contributed by atoms with Gasteiger partial charge in [0.25, 0.3) is 0 Å². The molecule has 0 bridgehead atoms. The maximum absolute atomic E-state index is 10.4. The molecule has 4 nitrogen and oxygen atoms in total. The summed E-state index contributed by atoms with van der Waals surface area (Å²) in [4.78, 5) is 20.6. The Kier molecular flexibility index (Phi) is 6.70. The van der Waals surface area contributed by atoms with Crippen LogP contribution in [0.5, 0.6) is 0 Å². The topological polar surface area (TPSA) is 66.7 Å². The van der Waals surface area contributed by atoms with E-state index in [-0.39, 0.29) is 44.2 Å². The molecule has 0 radical (unpaired) electrons. The van der Waals surface area contributed by atoms with Crippen LogP contribution in [0, 0.1) is 4.91 Å². The summed E-state index contributed by atoms with van der Waals surface area (Å²) in [6.45, 7) is 0. The average molecular weight is 221 g/mol. The predicted molar refractivity (Wildman–Crippen MR) is 55.9 cm³/mol. The van der Waals surface area contributed by atoms with Crippen molar-refractivity contribution in [3.05, 3.63) is 40.8 Å². The minimum absolute atomic E-state index is 0. The molecule has 0 heterocycles. The van der Waals surface area contributed by atoms with Crippen LogP contribution in [0.2, 0.25) is 0 Å². The molecule has 0 amide bonds. The number of hydrogen-bond donors (Lipinski definition) is 1. The summed E-state index contributed by atoms with van der Waals surface area (Å²) in [5.41, 5.74) is 0.800. The third-order valence-electron chi connectivity index (χ3n) is 1.68. The van der Waals surface area contributed by atoms with Gasteiger partial charge in [-0.05, 0) is 5.56 Å². The van der Waals surface area contributed by atoms with E-state index in [2.05, 4.69) is 5.18 Å². The van der Waals surface area contributed by atoms with Gasteiger partial charge >= 0.3 is 43.7 Å². The first kappa shape index (κ1) is 13.5. The van der Waals surface area contributed by atoms with Crippen LogP contribution in [0.3, 0.4) is 0 Å². The quantitative estimate of drug-likeness (QED) is 0.596. The molecule has 72 valence electrons. The summed E-state index contributed by atoms with van der Waals surface area (Å²) in [7, 11) is 0. The number of carbonyl (C=O) groups is 1. The monoisotopic (exact) mass is 221 g/mol. The SMILES string of the molecule is O=N[C@@H](Cc1ccccc1)C(=O)O.[CaH2]. The zero-order valence-electron chi connectivity index (χ0n) is 6.88. The van der Waals surface area contributed by atoms with E-state index >= 15 is 0 Å². The van der Waals surface area contributed by atoms with Crippen LogP contribution in [-0.2, 0) is 11.2 Å². The van der Waals surface area contributed by atoms with Crippen molar-refractivity contribution in [2.24, 2.45) is 5.18 Å². The van der Waals surface area contributed by atoms with Gasteiger partial charge in [0, 0.05) is 6.42 Å². The van der Waals surface area contributed by atoms with Gasteiger partial charge in [0.05, 0.1) is 0 Å². The van der Waals surface area contributed by atoms with E-state index in [4.69, 9.17) is 5.11 Å². The molecule has 1 atom stereocenters. The summed E-state index contributed by atoms with van der Waals surface area (Å²) in [6.07, 6.45) is 0.152. The summed E-state index contributed by atoms with van der Waals surface area (Å²) in [5, 5.41) is 11.1.